The Balaban J connectivity index is 4.20. The predicted molar refractivity (Wildman–Crippen MR) is 362 cm³/mol. The molecular formula is C77H144O6. The molecule has 0 rings (SSSR count). The van der Waals surface area contributed by atoms with Gasteiger partial charge in [-0.3, -0.25) is 14.4 Å². The van der Waals surface area contributed by atoms with Crippen molar-refractivity contribution >= 4 is 17.9 Å². The van der Waals surface area contributed by atoms with E-state index < -0.39 is 6.10 Å². The highest BCUT2D eigenvalue weighted by molar-refractivity contribution is 5.71. The number of carbonyl (C=O) groups is 3. The molecule has 1 unspecified atom stereocenters. The maximum atomic E-state index is 13.0. The van der Waals surface area contributed by atoms with Crippen LogP contribution in [0.2, 0.25) is 0 Å². The van der Waals surface area contributed by atoms with Crippen LogP contribution in [0.1, 0.15) is 419 Å². The first-order valence-electron chi connectivity index (χ1n) is 37.5. The summed E-state index contributed by atoms with van der Waals surface area (Å²) >= 11 is 0. The summed E-state index contributed by atoms with van der Waals surface area (Å²) in [7, 11) is 0. The van der Waals surface area contributed by atoms with E-state index in [2.05, 4.69) is 57.2 Å². The van der Waals surface area contributed by atoms with Crippen LogP contribution in [0.5, 0.6) is 0 Å². The molecule has 0 fully saturated rings. The molecule has 6 heteroatoms. The summed E-state index contributed by atoms with van der Waals surface area (Å²) < 4.78 is 17.0. The van der Waals surface area contributed by atoms with Crippen LogP contribution < -0.4 is 0 Å². The molecule has 0 bridgehead atoms. The first kappa shape index (κ1) is 80.6. The molecule has 83 heavy (non-hydrogen) atoms. The fraction of sp³-hybridized carbons (Fsp3) is 0.883. The van der Waals surface area contributed by atoms with Crippen molar-refractivity contribution in [2.75, 3.05) is 13.2 Å². The molecule has 0 aromatic carbocycles. The van der Waals surface area contributed by atoms with Gasteiger partial charge in [0, 0.05) is 19.3 Å². The second-order valence-electron chi connectivity index (χ2n) is 25.6. The number of hydrogen-bond donors (Lipinski definition) is 0. The number of esters is 3. The molecule has 0 aliphatic rings. The third-order valence-electron chi connectivity index (χ3n) is 17.1. The Morgan fingerprint density at radius 2 is 0.434 bits per heavy atom. The third-order valence-corrected chi connectivity index (χ3v) is 17.1. The van der Waals surface area contributed by atoms with Crippen molar-refractivity contribution < 1.29 is 28.6 Å². The lowest BCUT2D eigenvalue weighted by molar-refractivity contribution is -0.167. The van der Waals surface area contributed by atoms with Gasteiger partial charge in [0.1, 0.15) is 13.2 Å². The molecule has 0 heterocycles. The van der Waals surface area contributed by atoms with Crippen LogP contribution in [0.25, 0.3) is 0 Å². The average Bonchev–Trinajstić information content (AvgIpc) is 3.49. The predicted octanol–water partition coefficient (Wildman–Crippen LogP) is 25.9. The molecule has 488 valence electrons. The highest BCUT2D eigenvalue weighted by atomic mass is 16.6. The van der Waals surface area contributed by atoms with Gasteiger partial charge in [-0.15, -0.1) is 0 Å². The Morgan fingerprint density at radius 1 is 0.241 bits per heavy atom. The van der Waals surface area contributed by atoms with Crippen molar-refractivity contribution in [3.63, 3.8) is 0 Å². The summed E-state index contributed by atoms with van der Waals surface area (Å²) in [6, 6.07) is 0. The fourth-order valence-electron chi connectivity index (χ4n) is 11.5. The highest BCUT2D eigenvalue weighted by Crippen LogP contribution is 2.19. The number of unbranched alkanes of at least 4 members (excludes halogenated alkanes) is 53. The molecule has 0 aromatic rings. The molecule has 0 saturated heterocycles. The van der Waals surface area contributed by atoms with Crippen LogP contribution in [0.15, 0.2) is 36.5 Å². The highest BCUT2D eigenvalue weighted by Gasteiger charge is 2.20. The molecule has 0 radical (unpaired) electrons. The van der Waals surface area contributed by atoms with Crippen LogP contribution in [0.3, 0.4) is 0 Å². The summed E-state index contributed by atoms with van der Waals surface area (Å²) in [5, 5.41) is 0. The van der Waals surface area contributed by atoms with Gasteiger partial charge in [0.15, 0.2) is 6.10 Å². The molecule has 0 amide bonds. The minimum Gasteiger partial charge on any atom is -0.462 e. The lowest BCUT2D eigenvalue weighted by atomic mass is 10.0. The first-order valence-corrected chi connectivity index (χ1v) is 37.5. The minimum absolute atomic E-state index is 0.0697. The Morgan fingerprint density at radius 3 is 0.687 bits per heavy atom. The van der Waals surface area contributed by atoms with Gasteiger partial charge in [0.25, 0.3) is 0 Å². The van der Waals surface area contributed by atoms with Crippen molar-refractivity contribution in [2.24, 2.45) is 0 Å². The van der Waals surface area contributed by atoms with Gasteiger partial charge >= 0.3 is 17.9 Å². The zero-order chi connectivity index (χ0) is 59.9. The van der Waals surface area contributed by atoms with E-state index in [1.807, 2.05) is 0 Å². The van der Waals surface area contributed by atoms with E-state index in [1.54, 1.807) is 0 Å². The van der Waals surface area contributed by atoms with E-state index >= 15 is 0 Å². The molecular weight excluding hydrogens is 1020 g/mol. The van der Waals surface area contributed by atoms with E-state index in [0.717, 1.165) is 70.6 Å². The number of hydrogen-bond acceptors (Lipinski definition) is 6. The van der Waals surface area contributed by atoms with Crippen LogP contribution >= 0.6 is 0 Å². The first-order chi connectivity index (χ1) is 41.0. The van der Waals surface area contributed by atoms with Gasteiger partial charge < -0.3 is 14.2 Å². The second kappa shape index (κ2) is 72.1. The Bertz CT molecular complexity index is 1380. The Labute approximate surface area is 518 Å². The van der Waals surface area contributed by atoms with E-state index in [0.29, 0.717) is 19.3 Å². The fourth-order valence-corrected chi connectivity index (χ4v) is 11.5. The van der Waals surface area contributed by atoms with Crippen molar-refractivity contribution in [3.05, 3.63) is 36.5 Å². The largest absolute Gasteiger partial charge is 0.462 e. The topological polar surface area (TPSA) is 78.9 Å². The standard InChI is InChI=1S/C77H144O6/c1-4-7-10-13-16-19-22-25-27-29-31-33-35-37-38-40-41-43-45-47-49-52-55-58-61-64-67-70-76(79)82-73-74(72-81-75(78)69-66-63-60-57-54-51-24-21-18-15-12-9-6-3)83-77(80)71-68-65-62-59-56-53-50-48-46-44-42-39-36-34-32-30-28-26-23-20-17-14-11-8-5-2/h21,23-24,26,30,32,74H,4-20,22,25,27-29,31,33-73H2,1-3H3/b24-21-,26-23-,32-30-. The lowest BCUT2D eigenvalue weighted by Crippen LogP contribution is -2.30. The second-order valence-corrected chi connectivity index (χ2v) is 25.6. The summed E-state index contributed by atoms with van der Waals surface area (Å²) in [5.74, 6) is -0.849. The van der Waals surface area contributed by atoms with Crippen molar-refractivity contribution in [1.82, 2.24) is 0 Å². The maximum Gasteiger partial charge on any atom is 0.306 e. The van der Waals surface area contributed by atoms with E-state index in [4.69, 9.17) is 14.2 Å². The Kier molecular flexibility index (Phi) is 70.0. The lowest BCUT2D eigenvalue weighted by Gasteiger charge is -2.18. The number of carbonyl (C=O) groups excluding carboxylic acids is 3. The molecule has 0 aliphatic carbocycles. The average molecular weight is 1170 g/mol. The maximum absolute atomic E-state index is 13.0. The van der Waals surface area contributed by atoms with E-state index in [-0.39, 0.29) is 31.1 Å². The van der Waals surface area contributed by atoms with E-state index in [9.17, 15) is 14.4 Å². The molecule has 0 saturated carbocycles. The third kappa shape index (κ3) is 70.3. The van der Waals surface area contributed by atoms with Gasteiger partial charge in [0.2, 0.25) is 0 Å². The zero-order valence-corrected chi connectivity index (χ0v) is 56.2. The van der Waals surface area contributed by atoms with Gasteiger partial charge in [-0.25, -0.2) is 0 Å². The van der Waals surface area contributed by atoms with Gasteiger partial charge in [0.05, 0.1) is 0 Å². The van der Waals surface area contributed by atoms with Gasteiger partial charge in [-0.2, -0.15) is 0 Å². The summed E-state index contributed by atoms with van der Waals surface area (Å²) in [6.07, 6.45) is 90.5. The van der Waals surface area contributed by atoms with Crippen LogP contribution in [-0.2, 0) is 28.6 Å². The SMILES string of the molecule is CCCCCC/C=C\CCCCCCCC(=O)OCC(COC(=O)CCCCCCCCCCCCCCCCCCCCCCCCCCCCC)OC(=O)CCCCCCCCCCCCCCC/C=C\C/C=C\CCCCCCC. The smallest absolute Gasteiger partial charge is 0.306 e. The summed E-state index contributed by atoms with van der Waals surface area (Å²) in [4.78, 5) is 38.5. The van der Waals surface area contributed by atoms with Gasteiger partial charge in [-0.1, -0.05) is 359 Å². The summed E-state index contributed by atoms with van der Waals surface area (Å²) in [6.45, 7) is 6.69. The minimum atomic E-state index is -0.775. The molecule has 0 aliphatic heterocycles. The van der Waals surface area contributed by atoms with Gasteiger partial charge in [-0.05, 0) is 77.0 Å². The molecule has 6 nitrogen and oxygen atoms in total. The number of rotatable bonds is 70. The van der Waals surface area contributed by atoms with Crippen LogP contribution in [0.4, 0.5) is 0 Å². The molecule has 0 N–H and O–H groups in total. The van der Waals surface area contributed by atoms with Crippen molar-refractivity contribution in [1.29, 1.82) is 0 Å². The summed E-state index contributed by atoms with van der Waals surface area (Å²) in [5.41, 5.74) is 0. The number of allylic oxidation sites excluding steroid dienone is 6. The Hall–Kier alpha value is -2.37. The van der Waals surface area contributed by atoms with Crippen molar-refractivity contribution in [3.8, 4) is 0 Å². The molecule has 0 spiro atoms. The normalized spacial score (nSPS) is 12.2. The zero-order valence-electron chi connectivity index (χ0n) is 56.2. The van der Waals surface area contributed by atoms with Crippen LogP contribution in [-0.4, -0.2) is 37.2 Å². The monoisotopic (exact) mass is 1170 g/mol. The number of ether oxygens (including phenoxy) is 3. The quantitative estimate of drug-likeness (QED) is 0.0261. The molecule has 1 atom stereocenters. The molecule has 0 aromatic heterocycles. The van der Waals surface area contributed by atoms with Crippen LogP contribution in [0, 0.1) is 0 Å². The van der Waals surface area contributed by atoms with Crippen molar-refractivity contribution in [2.45, 2.75) is 425 Å². The van der Waals surface area contributed by atoms with E-state index in [1.165, 1.54) is 308 Å².